The van der Waals surface area contributed by atoms with Crippen LogP contribution < -0.4 is 4.90 Å². The van der Waals surface area contributed by atoms with E-state index in [1.54, 1.807) is 11.9 Å². The Balaban J connectivity index is 2.23. The molecule has 2 rings (SSSR count). The maximum atomic E-state index is 12.6. The molecule has 0 aromatic heterocycles. The Morgan fingerprint density at radius 2 is 2.00 bits per heavy atom. The molecule has 1 atom stereocenters. The molecule has 1 fully saturated rings. The number of carboxylic acid groups (broad SMARTS) is 1. The number of carbonyl (C=O) groups is 2. The summed E-state index contributed by atoms with van der Waals surface area (Å²) in [6, 6.07) is 4.93. The third-order valence-corrected chi connectivity index (χ3v) is 4.03. The molecule has 1 unspecified atom stereocenters. The van der Waals surface area contributed by atoms with Crippen LogP contribution in [-0.2, 0) is 4.79 Å². The minimum absolute atomic E-state index is 0.242. The standard InChI is InChI=1S/C16H22N2O3/c1-11-7-8-13(12(2)10-11)17(3)16(21)18-9-5-4-6-14(18)15(19)20/h7-8,10,14H,4-6,9H2,1-3H3,(H,19,20). The van der Waals surface area contributed by atoms with Gasteiger partial charge in [-0.2, -0.15) is 0 Å². The number of hydrogen-bond acceptors (Lipinski definition) is 2. The Bertz CT molecular complexity index is 556. The van der Waals surface area contributed by atoms with E-state index in [4.69, 9.17) is 0 Å². The van der Waals surface area contributed by atoms with Crippen molar-refractivity contribution in [3.05, 3.63) is 29.3 Å². The zero-order valence-electron chi connectivity index (χ0n) is 12.8. The summed E-state index contributed by atoms with van der Waals surface area (Å²) < 4.78 is 0. The van der Waals surface area contributed by atoms with Crippen molar-refractivity contribution in [2.75, 3.05) is 18.5 Å². The van der Waals surface area contributed by atoms with Gasteiger partial charge in [-0.05, 0) is 44.7 Å². The average Bonchev–Trinajstić information content (AvgIpc) is 2.45. The predicted molar refractivity (Wildman–Crippen MR) is 81.7 cm³/mol. The number of rotatable bonds is 2. The van der Waals surface area contributed by atoms with Gasteiger partial charge in [0.25, 0.3) is 0 Å². The third kappa shape index (κ3) is 3.17. The second-order valence-corrected chi connectivity index (χ2v) is 5.67. The van der Waals surface area contributed by atoms with Gasteiger partial charge in [-0.1, -0.05) is 17.7 Å². The van der Waals surface area contributed by atoms with Gasteiger partial charge in [0.1, 0.15) is 6.04 Å². The maximum Gasteiger partial charge on any atom is 0.326 e. The Hall–Kier alpha value is -2.04. The number of benzene rings is 1. The normalized spacial score (nSPS) is 18.4. The molecule has 0 saturated carbocycles. The Morgan fingerprint density at radius 1 is 1.29 bits per heavy atom. The zero-order valence-corrected chi connectivity index (χ0v) is 12.8. The number of likely N-dealkylation sites (tertiary alicyclic amines) is 1. The number of piperidine rings is 1. The van der Waals surface area contributed by atoms with E-state index in [1.165, 1.54) is 4.90 Å². The first-order valence-corrected chi connectivity index (χ1v) is 7.26. The average molecular weight is 290 g/mol. The molecule has 1 aliphatic heterocycles. The van der Waals surface area contributed by atoms with Gasteiger partial charge in [0, 0.05) is 19.3 Å². The lowest BCUT2D eigenvalue weighted by Gasteiger charge is -2.36. The second-order valence-electron chi connectivity index (χ2n) is 5.67. The summed E-state index contributed by atoms with van der Waals surface area (Å²) in [4.78, 5) is 27.0. The summed E-state index contributed by atoms with van der Waals surface area (Å²) in [6.07, 6.45) is 2.24. The topological polar surface area (TPSA) is 60.9 Å². The van der Waals surface area contributed by atoms with Gasteiger partial charge in [-0.25, -0.2) is 9.59 Å². The van der Waals surface area contributed by atoms with E-state index in [-0.39, 0.29) is 6.03 Å². The highest BCUT2D eigenvalue weighted by molar-refractivity contribution is 5.94. The van der Waals surface area contributed by atoms with Crippen molar-refractivity contribution in [1.29, 1.82) is 0 Å². The van der Waals surface area contributed by atoms with Crippen LogP contribution in [0.25, 0.3) is 0 Å². The van der Waals surface area contributed by atoms with Crippen LogP contribution in [0.1, 0.15) is 30.4 Å². The van der Waals surface area contributed by atoms with Crippen LogP contribution in [0.15, 0.2) is 18.2 Å². The lowest BCUT2D eigenvalue weighted by atomic mass is 10.0. The second kappa shape index (κ2) is 6.16. The van der Waals surface area contributed by atoms with Gasteiger partial charge in [-0.15, -0.1) is 0 Å². The number of aliphatic carboxylic acids is 1. The fourth-order valence-corrected chi connectivity index (χ4v) is 2.89. The Morgan fingerprint density at radius 3 is 2.62 bits per heavy atom. The summed E-state index contributed by atoms with van der Waals surface area (Å²) in [5.41, 5.74) is 2.97. The van der Waals surface area contributed by atoms with Gasteiger partial charge in [0.05, 0.1) is 0 Å². The summed E-state index contributed by atoms with van der Waals surface area (Å²) in [5, 5.41) is 9.29. The number of amides is 2. The van der Waals surface area contributed by atoms with E-state index in [9.17, 15) is 14.7 Å². The lowest BCUT2D eigenvalue weighted by Crippen LogP contribution is -2.52. The molecular weight excluding hydrogens is 268 g/mol. The molecule has 1 heterocycles. The van der Waals surface area contributed by atoms with Crippen molar-refractivity contribution in [2.24, 2.45) is 0 Å². The summed E-state index contributed by atoms with van der Waals surface area (Å²) in [6.45, 7) is 4.46. The lowest BCUT2D eigenvalue weighted by molar-refractivity contribution is -0.143. The van der Waals surface area contributed by atoms with Crippen LogP contribution in [0.5, 0.6) is 0 Å². The summed E-state index contributed by atoms with van der Waals surface area (Å²) >= 11 is 0. The van der Waals surface area contributed by atoms with Crippen molar-refractivity contribution < 1.29 is 14.7 Å². The fraction of sp³-hybridized carbons (Fsp3) is 0.500. The predicted octanol–water partition coefficient (Wildman–Crippen LogP) is 2.80. The molecule has 0 radical (unpaired) electrons. The minimum Gasteiger partial charge on any atom is -0.480 e. The molecule has 1 aromatic carbocycles. The molecule has 0 spiro atoms. The molecule has 0 aliphatic carbocycles. The zero-order chi connectivity index (χ0) is 15.6. The SMILES string of the molecule is Cc1ccc(N(C)C(=O)N2CCCCC2C(=O)O)c(C)c1. The molecule has 5 nitrogen and oxygen atoms in total. The van der Waals surface area contributed by atoms with Crippen LogP contribution in [-0.4, -0.2) is 41.6 Å². The van der Waals surface area contributed by atoms with E-state index >= 15 is 0 Å². The third-order valence-electron chi connectivity index (χ3n) is 4.03. The van der Waals surface area contributed by atoms with Crippen molar-refractivity contribution in [3.63, 3.8) is 0 Å². The highest BCUT2D eigenvalue weighted by Crippen LogP contribution is 2.24. The van der Waals surface area contributed by atoms with Crippen LogP contribution >= 0.6 is 0 Å². The monoisotopic (exact) mass is 290 g/mol. The van der Waals surface area contributed by atoms with E-state index < -0.39 is 12.0 Å². The highest BCUT2D eigenvalue weighted by atomic mass is 16.4. The first-order chi connectivity index (χ1) is 9.91. The Kier molecular flexibility index (Phi) is 4.50. The molecule has 1 N–H and O–H groups in total. The number of nitrogens with zero attached hydrogens (tertiary/aromatic N) is 2. The molecule has 1 saturated heterocycles. The van der Waals surface area contributed by atoms with Crippen LogP contribution in [0.4, 0.5) is 10.5 Å². The molecule has 0 bridgehead atoms. The van der Waals surface area contributed by atoms with Crippen molar-refractivity contribution >= 4 is 17.7 Å². The molecular formula is C16H22N2O3. The maximum absolute atomic E-state index is 12.6. The van der Waals surface area contributed by atoms with Crippen LogP contribution in [0.3, 0.4) is 0 Å². The first kappa shape index (κ1) is 15.4. The number of aryl methyl sites for hydroxylation is 2. The molecule has 1 aliphatic rings. The van der Waals surface area contributed by atoms with Crippen molar-refractivity contribution in [3.8, 4) is 0 Å². The largest absolute Gasteiger partial charge is 0.480 e. The van der Waals surface area contributed by atoms with Gasteiger partial charge in [-0.3, -0.25) is 4.90 Å². The quantitative estimate of drug-likeness (QED) is 0.911. The van der Waals surface area contributed by atoms with Crippen molar-refractivity contribution in [2.45, 2.75) is 39.2 Å². The molecule has 1 aromatic rings. The molecule has 114 valence electrons. The number of hydrogen-bond donors (Lipinski definition) is 1. The number of carbonyl (C=O) groups excluding carboxylic acids is 1. The molecule has 2 amide bonds. The number of anilines is 1. The van der Waals surface area contributed by atoms with Crippen LogP contribution in [0.2, 0.25) is 0 Å². The number of carboxylic acids is 1. The number of urea groups is 1. The van der Waals surface area contributed by atoms with Crippen LogP contribution in [0, 0.1) is 13.8 Å². The van der Waals surface area contributed by atoms with Gasteiger partial charge >= 0.3 is 12.0 Å². The highest BCUT2D eigenvalue weighted by Gasteiger charge is 2.34. The van der Waals surface area contributed by atoms with E-state index in [2.05, 4.69) is 0 Å². The smallest absolute Gasteiger partial charge is 0.326 e. The van der Waals surface area contributed by atoms with Crippen molar-refractivity contribution in [1.82, 2.24) is 4.90 Å². The summed E-state index contributed by atoms with van der Waals surface area (Å²) in [5.74, 6) is -0.919. The van der Waals surface area contributed by atoms with Gasteiger partial charge < -0.3 is 10.0 Å². The summed E-state index contributed by atoms with van der Waals surface area (Å²) in [7, 11) is 1.70. The molecule has 5 heteroatoms. The first-order valence-electron chi connectivity index (χ1n) is 7.26. The Labute approximate surface area is 125 Å². The molecule has 21 heavy (non-hydrogen) atoms. The van der Waals surface area contributed by atoms with Gasteiger partial charge in [0.2, 0.25) is 0 Å². The minimum atomic E-state index is -0.919. The van der Waals surface area contributed by atoms with E-state index in [0.717, 1.165) is 29.7 Å². The fourth-order valence-electron chi connectivity index (χ4n) is 2.89. The van der Waals surface area contributed by atoms with E-state index in [0.29, 0.717) is 13.0 Å². The van der Waals surface area contributed by atoms with E-state index in [1.807, 2.05) is 32.0 Å². The van der Waals surface area contributed by atoms with Gasteiger partial charge in [0.15, 0.2) is 0 Å².